The number of amides is 1. The van der Waals surface area contributed by atoms with E-state index in [1.807, 2.05) is 4.90 Å². The molecule has 1 aromatic rings. The Morgan fingerprint density at radius 2 is 2.24 bits per heavy atom. The average molecular weight is 311 g/mol. The standard InChI is InChI=1S/C15H19ClN2O3/c1-21-15(20)13-7-2-3-8-18(13)10-14(19)17-12-6-4-5-11(16)9-12/h4-6,9,13H,2-3,7-8,10H2,1H3,(H,17,19)/t13-/m1/s1. The van der Waals surface area contributed by atoms with Gasteiger partial charge in [-0.3, -0.25) is 14.5 Å². The molecule has 1 fully saturated rings. The van der Waals surface area contributed by atoms with Gasteiger partial charge in [-0.1, -0.05) is 24.1 Å². The predicted octanol–water partition coefficient (Wildman–Crippen LogP) is 2.31. The monoisotopic (exact) mass is 310 g/mol. The van der Waals surface area contributed by atoms with Crippen molar-refractivity contribution in [1.29, 1.82) is 0 Å². The number of rotatable bonds is 4. The van der Waals surface area contributed by atoms with Gasteiger partial charge in [-0.25, -0.2) is 0 Å². The zero-order chi connectivity index (χ0) is 15.2. The number of benzene rings is 1. The highest BCUT2D eigenvalue weighted by Gasteiger charge is 2.30. The summed E-state index contributed by atoms with van der Waals surface area (Å²) in [5.74, 6) is -0.432. The van der Waals surface area contributed by atoms with Crippen molar-refractivity contribution in [3.8, 4) is 0 Å². The summed E-state index contributed by atoms with van der Waals surface area (Å²) < 4.78 is 4.81. The van der Waals surface area contributed by atoms with Gasteiger partial charge in [0.25, 0.3) is 0 Å². The van der Waals surface area contributed by atoms with E-state index in [9.17, 15) is 9.59 Å². The molecule has 1 amide bonds. The molecule has 1 heterocycles. The fourth-order valence-electron chi connectivity index (χ4n) is 2.53. The van der Waals surface area contributed by atoms with Crippen LogP contribution in [0.3, 0.4) is 0 Å². The number of nitrogens with one attached hydrogen (secondary N) is 1. The smallest absolute Gasteiger partial charge is 0.323 e. The zero-order valence-electron chi connectivity index (χ0n) is 12.0. The molecule has 0 unspecified atom stereocenters. The Morgan fingerprint density at radius 1 is 1.43 bits per heavy atom. The number of carbonyl (C=O) groups is 2. The summed E-state index contributed by atoms with van der Waals surface area (Å²) >= 11 is 5.88. The van der Waals surface area contributed by atoms with Gasteiger partial charge in [0.15, 0.2) is 0 Å². The van der Waals surface area contributed by atoms with Crippen LogP contribution >= 0.6 is 11.6 Å². The summed E-state index contributed by atoms with van der Waals surface area (Å²) in [6.45, 7) is 0.898. The van der Waals surface area contributed by atoms with Gasteiger partial charge in [0.1, 0.15) is 6.04 Å². The van der Waals surface area contributed by atoms with Gasteiger partial charge in [-0.15, -0.1) is 0 Å². The molecule has 114 valence electrons. The molecule has 0 aromatic heterocycles. The molecule has 5 nitrogen and oxygen atoms in total. The molecule has 1 saturated heterocycles. The maximum absolute atomic E-state index is 12.1. The van der Waals surface area contributed by atoms with Crippen molar-refractivity contribution >= 4 is 29.2 Å². The third-order valence-electron chi connectivity index (χ3n) is 3.54. The van der Waals surface area contributed by atoms with Gasteiger partial charge in [0, 0.05) is 10.7 Å². The highest BCUT2D eigenvalue weighted by Crippen LogP contribution is 2.19. The SMILES string of the molecule is COC(=O)[C@H]1CCCCN1CC(=O)Nc1cccc(Cl)c1. The van der Waals surface area contributed by atoms with Crippen molar-refractivity contribution in [2.45, 2.75) is 25.3 Å². The number of esters is 1. The van der Waals surface area contributed by atoms with Gasteiger partial charge in [0.2, 0.25) is 5.91 Å². The molecule has 0 radical (unpaired) electrons. The molecule has 1 aliphatic heterocycles. The molecule has 6 heteroatoms. The molecule has 1 aromatic carbocycles. The van der Waals surface area contributed by atoms with Crippen molar-refractivity contribution in [2.75, 3.05) is 25.5 Å². The van der Waals surface area contributed by atoms with Gasteiger partial charge < -0.3 is 10.1 Å². The molecule has 1 atom stereocenters. The van der Waals surface area contributed by atoms with E-state index in [1.54, 1.807) is 24.3 Å². The summed E-state index contributed by atoms with van der Waals surface area (Å²) in [5.41, 5.74) is 0.652. The van der Waals surface area contributed by atoms with E-state index in [0.29, 0.717) is 10.7 Å². The van der Waals surface area contributed by atoms with Crippen LogP contribution in [0.2, 0.25) is 5.02 Å². The first-order valence-corrected chi connectivity index (χ1v) is 7.35. The van der Waals surface area contributed by atoms with Gasteiger partial charge in [0.05, 0.1) is 13.7 Å². The molecule has 21 heavy (non-hydrogen) atoms. The maximum atomic E-state index is 12.1. The zero-order valence-corrected chi connectivity index (χ0v) is 12.7. The van der Waals surface area contributed by atoms with E-state index < -0.39 is 0 Å². The summed E-state index contributed by atoms with van der Waals surface area (Å²) in [4.78, 5) is 25.7. The van der Waals surface area contributed by atoms with E-state index >= 15 is 0 Å². The second-order valence-electron chi connectivity index (χ2n) is 5.06. The average Bonchev–Trinajstić information content (AvgIpc) is 2.47. The first kappa shape index (κ1) is 15.8. The minimum atomic E-state index is -0.325. The number of likely N-dealkylation sites (tertiary alicyclic amines) is 1. The second-order valence-corrected chi connectivity index (χ2v) is 5.50. The van der Waals surface area contributed by atoms with Crippen LogP contribution in [-0.4, -0.2) is 43.0 Å². The van der Waals surface area contributed by atoms with Crippen LogP contribution in [0.1, 0.15) is 19.3 Å². The highest BCUT2D eigenvalue weighted by molar-refractivity contribution is 6.30. The second kappa shape index (κ2) is 7.43. The largest absolute Gasteiger partial charge is 0.468 e. The first-order valence-electron chi connectivity index (χ1n) is 6.97. The van der Waals surface area contributed by atoms with Crippen molar-refractivity contribution in [3.63, 3.8) is 0 Å². The van der Waals surface area contributed by atoms with E-state index in [2.05, 4.69) is 5.32 Å². The number of piperidine rings is 1. The Kier molecular flexibility index (Phi) is 5.59. The van der Waals surface area contributed by atoms with Crippen LogP contribution < -0.4 is 5.32 Å². The van der Waals surface area contributed by atoms with Crippen molar-refractivity contribution in [3.05, 3.63) is 29.3 Å². The van der Waals surface area contributed by atoms with Crippen molar-refractivity contribution < 1.29 is 14.3 Å². The van der Waals surface area contributed by atoms with E-state index in [1.165, 1.54) is 7.11 Å². The fraction of sp³-hybridized carbons (Fsp3) is 0.467. The number of hydrogen-bond acceptors (Lipinski definition) is 4. The highest BCUT2D eigenvalue weighted by atomic mass is 35.5. The van der Waals surface area contributed by atoms with E-state index in [0.717, 1.165) is 25.8 Å². The third-order valence-corrected chi connectivity index (χ3v) is 3.78. The maximum Gasteiger partial charge on any atom is 0.323 e. The number of carbonyl (C=O) groups excluding carboxylic acids is 2. The summed E-state index contributed by atoms with van der Waals surface area (Å²) in [6.07, 6.45) is 2.70. The molecule has 1 N–H and O–H groups in total. The molecule has 0 aliphatic carbocycles. The Balaban J connectivity index is 1.95. The predicted molar refractivity (Wildman–Crippen MR) is 81.3 cm³/mol. The number of anilines is 1. The lowest BCUT2D eigenvalue weighted by Crippen LogP contribution is -2.48. The molecular formula is C15H19ClN2O3. The van der Waals surface area contributed by atoms with Crippen LogP contribution in [0.5, 0.6) is 0 Å². The Labute approximate surface area is 129 Å². The molecule has 0 spiro atoms. The number of nitrogens with zero attached hydrogens (tertiary/aromatic N) is 1. The normalized spacial score (nSPS) is 19.0. The Bertz CT molecular complexity index is 521. The van der Waals surface area contributed by atoms with Crippen LogP contribution in [0.25, 0.3) is 0 Å². The minimum Gasteiger partial charge on any atom is -0.468 e. The summed E-state index contributed by atoms with van der Waals surface area (Å²) in [6, 6.07) is 6.66. The third kappa shape index (κ3) is 4.44. The van der Waals surface area contributed by atoms with Crippen LogP contribution in [0.15, 0.2) is 24.3 Å². The lowest BCUT2D eigenvalue weighted by atomic mass is 10.0. The summed E-state index contributed by atoms with van der Waals surface area (Å²) in [5, 5.41) is 3.36. The number of ether oxygens (including phenoxy) is 1. The molecule has 2 rings (SSSR count). The number of methoxy groups -OCH3 is 1. The Morgan fingerprint density at radius 3 is 2.95 bits per heavy atom. The van der Waals surface area contributed by atoms with Crippen molar-refractivity contribution in [1.82, 2.24) is 4.90 Å². The minimum absolute atomic E-state index is 0.159. The van der Waals surface area contributed by atoms with E-state index in [4.69, 9.17) is 16.3 Å². The molecular weight excluding hydrogens is 292 g/mol. The number of halogens is 1. The summed E-state index contributed by atoms with van der Waals surface area (Å²) in [7, 11) is 1.38. The van der Waals surface area contributed by atoms with E-state index in [-0.39, 0.29) is 24.5 Å². The number of hydrogen-bond donors (Lipinski definition) is 1. The topological polar surface area (TPSA) is 58.6 Å². The molecule has 0 bridgehead atoms. The van der Waals surface area contributed by atoms with Gasteiger partial charge in [-0.2, -0.15) is 0 Å². The van der Waals surface area contributed by atoms with Crippen LogP contribution in [0.4, 0.5) is 5.69 Å². The first-order chi connectivity index (χ1) is 10.1. The molecule has 0 saturated carbocycles. The van der Waals surface area contributed by atoms with Gasteiger partial charge >= 0.3 is 5.97 Å². The fourth-order valence-corrected chi connectivity index (χ4v) is 2.72. The van der Waals surface area contributed by atoms with Crippen LogP contribution in [-0.2, 0) is 14.3 Å². The molecule has 1 aliphatic rings. The quantitative estimate of drug-likeness (QED) is 0.867. The van der Waals surface area contributed by atoms with Crippen molar-refractivity contribution in [2.24, 2.45) is 0 Å². The lowest BCUT2D eigenvalue weighted by Gasteiger charge is -2.32. The lowest BCUT2D eigenvalue weighted by molar-refractivity contribution is -0.148. The Hall–Kier alpha value is -1.59. The van der Waals surface area contributed by atoms with Gasteiger partial charge in [-0.05, 0) is 37.6 Å². The van der Waals surface area contributed by atoms with Crippen LogP contribution in [0, 0.1) is 0 Å².